The minimum Gasteiger partial charge on any atom is -0.0938 e. The molecule has 0 aliphatic carbocycles. The molecule has 0 radical (unpaired) electrons. The van der Waals surface area contributed by atoms with E-state index in [2.05, 4.69) is 77.0 Å². The van der Waals surface area contributed by atoms with E-state index in [1.807, 2.05) is 0 Å². The molecule has 0 fully saturated rings. The third-order valence-corrected chi connectivity index (χ3v) is 6.69. The van der Waals surface area contributed by atoms with E-state index in [-0.39, 0.29) is 0 Å². The van der Waals surface area contributed by atoms with Crippen molar-refractivity contribution >= 4 is 21.6 Å². The minimum atomic E-state index is 0.821. The topological polar surface area (TPSA) is 0 Å². The molecule has 0 rings (SSSR count). The molecule has 0 aromatic rings. The summed E-state index contributed by atoms with van der Waals surface area (Å²) >= 11 is 0. The predicted molar refractivity (Wildman–Crippen MR) is 100 cm³/mol. The van der Waals surface area contributed by atoms with Gasteiger partial charge in [0.05, 0.1) is 0 Å². The summed E-state index contributed by atoms with van der Waals surface area (Å²) in [6, 6.07) is 0. The highest BCUT2D eigenvalue weighted by atomic mass is 33.1. The highest BCUT2D eigenvalue weighted by molar-refractivity contribution is 8.76. The summed E-state index contributed by atoms with van der Waals surface area (Å²) in [6.45, 7) is 18.9. The van der Waals surface area contributed by atoms with Crippen molar-refractivity contribution in [3.05, 3.63) is 0 Å². The summed E-state index contributed by atoms with van der Waals surface area (Å²) < 4.78 is 0. The Balaban J connectivity index is 4.01. The molecule has 0 aromatic carbocycles. The van der Waals surface area contributed by atoms with Gasteiger partial charge in [0.2, 0.25) is 0 Å². The fourth-order valence-electron chi connectivity index (χ4n) is 2.55. The maximum absolute atomic E-state index is 2.38. The van der Waals surface area contributed by atoms with Gasteiger partial charge in [0.15, 0.2) is 0 Å². The second kappa shape index (κ2) is 11.3. The fourth-order valence-corrected chi connectivity index (χ4v) is 5.76. The van der Waals surface area contributed by atoms with Gasteiger partial charge < -0.3 is 0 Å². The first-order chi connectivity index (χ1) is 9.23. The zero-order chi connectivity index (χ0) is 15.7. The monoisotopic (exact) mass is 318 g/mol. The van der Waals surface area contributed by atoms with Crippen LogP contribution in [0.1, 0.15) is 68.2 Å². The Bertz CT molecular complexity index is 197. The number of hydrogen-bond acceptors (Lipinski definition) is 2. The van der Waals surface area contributed by atoms with E-state index in [9.17, 15) is 0 Å². The van der Waals surface area contributed by atoms with Crippen LogP contribution < -0.4 is 0 Å². The lowest BCUT2D eigenvalue weighted by Gasteiger charge is -2.24. The molecule has 0 spiro atoms. The van der Waals surface area contributed by atoms with Crippen LogP contribution in [0.15, 0.2) is 0 Å². The van der Waals surface area contributed by atoms with Crippen LogP contribution >= 0.6 is 21.6 Å². The lowest BCUT2D eigenvalue weighted by atomic mass is 9.89. The largest absolute Gasteiger partial charge is 0.0938 e. The summed E-state index contributed by atoms with van der Waals surface area (Å²) in [4.78, 5) is 0. The highest BCUT2D eigenvalue weighted by Gasteiger charge is 2.18. The summed E-state index contributed by atoms with van der Waals surface area (Å²) in [5, 5.41) is 0. The van der Waals surface area contributed by atoms with Crippen LogP contribution in [0.25, 0.3) is 0 Å². The van der Waals surface area contributed by atoms with Crippen molar-refractivity contribution in [2.24, 2.45) is 35.5 Å². The van der Waals surface area contributed by atoms with Gasteiger partial charge in [-0.1, -0.05) is 77.0 Å². The minimum absolute atomic E-state index is 0.821. The van der Waals surface area contributed by atoms with Crippen LogP contribution in [0.2, 0.25) is 0 Å². The zero-order valence-electron chi connectivity index (χ0n) is 15.1. The molecule has 0 aliphatic rings. The SMILES string of the molecule is CC(C)CC(CSSCC(CC(C)C)C(C)C)C(C)C. The molecule has 20 heavy (non-hydrogen) atoms. The van der Waals surface area contributed by atoms with Crippen LogP contribution in [0, 0.1) is 35.5 Å². The fraction of sp³-hybridized carbons (Fsp3) is 1.00. The molecule has 0 heterocycles. The molecule has 0 bridgehead atoms. The van der Waals surface area contributed by atoms with Crippen LogP contribution in [-0.2, 0) is 0 Å². The molecular formula is C18H38S2. The van der Waals surface area contributed by atoms with Gasteiger partial charge in [0, 0.05) is 11.5 Å². The lowest BCUT2D eigenvalue weighted by Crippen LogP contribution is -2.15. The quantitative estimate of drug-likeness (QED) is 0.297. The molecule has 0 nitrogen and oxygen atoms in total. The lowest BCUT2D eigenvalue weighted by molar-refractivity contribution is 0.349. The molecule has 0 N–H and O–H groups in total. The van der Waals surface area contributed by atoms with Crippen LogP contribution in [0.4, 0.5) is 0 Å². The molecule has 0 saturated heterocycles. The maximum atomic E-state index is 2.38. The van der Waals surface area contributed by atoms with Crippen LogP contribution in [0.5, 0.6) is 0 Å². The van der Waals surface area contributed by atoms with E-state index < -0.39 is 0 Å². The van der Waals surface area contributed by atoms with E-state index in [1.54, 1.807) is 0 Å². The Morgan fingerprint density at radius 3 is 1.05 bits per heavy atom. The number of hydrogen-bond donors (Lipinski definition) is 0. The van der Waals surface area contributed by atoms with Crippen molar-refractivity contribution in [3.63, 3.8) is 0 Å². The summed E-state index contributed by atoms with van der Waals surface area (Å²) in [7, 11) is 4.24. The smallest absolute Gasteiger partial charge is 0.00678 e. The van der Waals surface area contributed by atoms with Crippen molar-refractivity contribution in [1.82, 2.24) is 0 Å². The Morgan fingerprint density at radius 1 is 0.550 bits per heavy atom. The van der Waals surface area contributed by atoms with Crippen molar-refractivity contribution in [2.45, 2.75) is 68.2 Å². The molecule has 2 unspecified atom stereocenters. The van der Waals surface area contributed by atoms with E-state index in [0.717, 1.165) is 35.5 Å². The van der Waals surface area contributed by atoms with Crippen molar-refractivity contribution < 1.29 is 0 Å². The summed E-state index contributed by atoms with van der Waals surface area (Å²) in [6.07, 6.45) is 2.76. The van der Waals surface area contributed by atoms with Gasteiger partial charge in [-0.2, -0.15) is 0 Å². The first kappa shape index (κ1) is 20.7. The van der Waals surface area contributed by atoms with Crippen LogP contribution in [0.3, 0.4) is 0 Å². The van der Waals surface area contributed by atoms with E-state index in [1.165, 1.54) is 24.3 Å². The Labute approximate surface area is 137 Å². The van der Waals surface area contributed by atoms with Gasteiger partial charge in [0.25, 0.3) is 0 Å². The first-order valence-electron chi connectivity index (χ1n) is 8.48. The van der Waals surface area contributed by atoms with Gasteiger partial charge in [-0.25, -0.2) is 0 Å². The molecule has 0 aliphatic heterocycles. The second-order valence-corrected chi connectivity index (χ2v) is 10.4. The van der Waals surface area contributed by atoms with E-state index >= 15 is 0 Å². The molecule has 2 atom stereocenters. The highest BCUT2D eigenvalue weighted by Crippen LogP contribution is 2.34. The van der Waals surface area contributed by atoms with E-state index in [0.29, 0.717) is 0 Å². The molecular weight excluding hydrogens is 280 g/mol. The van der Waals surface area contributed by atoms with Crippen molar-refractivity contribution in [1.29, 1.82) is 0 Å². The third-order valence-electron chi connectivity index (χ3n) is 4.08. The Hall–Kier alpha value is 0.700. The maximum Gasteiger partial charge on any atom is 0.00678 e. The molecule has 0 aromatic heterocycles. The van der Waals surface area contributed by atoms with Gasteiger partial charge in [0.1, 0.15) is 0 Å². The standard InChI is InChI=1S/C18H38S2/c1-13(2)9-17(15(5)6)11-19-20-12-18(16(7)8)10-14(3)4/h13-18H,9-12H2,1-8H3. The zero-order valence-corrected chi connectivity index (χ0v) is 16.7. The van der Waals surface area contributed by atoms with Crippen molar-refractivity contribution in [2.75, 3.05) is 11.5 Å². The summed E-state index contributed by atoms with van der Waals surface area (Å²) in [5.74, 6) is 7.73. The van der Waals surface area contributed by atoms with E-state index in [4.69, 9.17) is 0 Å². The van der Waals surface area contributed by atoms with Gasteiger partial charge in [-0.3, -0.25) is 0 Å². The van der Waals surface area contributed by atoms with Gasteiger partial charge in [-0.05, 0) is 48.3 Å². The molecule has 2 heteroatoms. The average Bonchev–Trinajstić information content (AvgIpc) is 2.29. The van der Waals surface area contributed by atoms with Crippen molar-refractivity contribution in [3.8, 4) is 0 Å². The van der Waals surface area contributed by atoms with Crippen LogP contribution in [-0.4, -0.2) is 11.5 Å². The first-order valence-corrected chi connectivity index (χ1v) is 11.0. The third kappa shape index (κ3) is 10.4. The average molecular weight is 319 g/mol. The Kier molecular flexibility index (Phi) is 11.7. The second-order valence-electron chi connectivity index (χ2n) is 7.84. The summed E-state index contributed by atoms with van der Waals surface area (Å²) in [5.41, 5.74) is 0. The molecule has 0 amide bonds. The van der Waals surface area contributed by atoms with Gasteiger partial charge >= 0.3 is 0 Å². The van der Waals surface area contributed by atoms with Gasteiger partial charge in [-0.15, -0.1) is 0 Å². The molecule has 0 saturated carbocycles. The number of rotatable bonds is 11. The Morgan fingerprint density at radius 2 is 0.850 bits per heavy atom. The molecule has 122 valence electrons. The normalized spacial score (nSPS) is 15.6. The predicted octanol–water partition coefficient (Wildman–Crippen LogP) is 7.00.